The highest BCUT2D eigenvalue weighted by molar-refractivity contribution is 6.04. The van der Waals surface area contributed by atoms with Crippen LogP contribution in [0.15, 0.2) is 29.1 Å². The molecule has 1 aromatic carbocycles. The number of primary amides is 1. The average molecular weight is 368 g/mol. The van der Waals surface area contributed by atoms with Crippen LogP contribution in [-0.4, -0.2) is 39.1 Å². The van der Waals surface area contributed by atoms with Crippen molar-refractivity contribution < 1.29 is 9.59 Å². The highest BCUT2D eigenvalue weighted by Gasteiger charge is 2.35. The van der Waals surface area contributed by atoms with Gasteiger partial charge in [-0.05, 0) is 37.7 Å². The fourth-order valence-electron chi connectivity index (χ4n) is 4.68. The van der Waals surface area contributed by atoms with E-state index in [1.165, 1.54) is 19.3 Å². The maximum absolute atomic E-state index is 13.0. The van der Waals surface area contributed by atoms with Crippen molar-refractivity contribution in [2.45, 2.75) is 51.1 Å². The first-order valence-electron chi connectivity index (χ1n) is 9.65. The molecule has 1 aliphatic heterocycles. The summed E-state index contributed by atoms with van der Waals surface area (Å²) in [6.45, 7) is 0.568. The van der Waals surface area contributed by atoms with Crippen molar-refractivity contribution in [1.82, 2.24) is 14.7 Å². The van der Waals surface area contributed by atoms with Gasteiger partial charge in [-0.15, -0.1) is 0 Å². The van der Waals surface area contributed by atoms with E-state index in [1.54, 1.807) is 24.3 Å². The summed E-state index contributed by atoms with van der Waals surface area (Å²) in [5.41, 5.74) is 5.09. The van der Waals surface area contributed by atoms with Crippen LogP contribution >= 0.6 is 0 Å². The molecule has 2 atom stereocenters. The molecule has 142 valence electrons. The topological polar surface area (TPSA) is 98.3 Å². The lowest BCUT2D eigenvalue weighted by molar-refractivity contribution is -0.138. The zero-order valence-corrected chi connectivity index (χ0v) is 15.3. The molecule has 2 aromatic rings. The molecule has 0 bridgehead atoms. The van der Waals surface area contributed by atoms with Crippen LogP contribution in [0.5, 0.6) is 0 Å². The Bertz CT molecular complexity index is 950. The molecule has 1 saturated carbocycles. The molecule has 2 fully saturated rings. The number of carbonyl (C=O) groups excluding carboxylic acids is 2. The smallest absolute Gasteiger partial charge is 0.275 e. The zero-order valence-electron chi connectivity index (χ0n) is 15.3. The summed E-state index contributed by atoms with van der Waals surface area (Å²) in [5.74, 6) is -0.247. The van der Waals surface area contributed by atoms with Gasteiger partial charge in [-0.2, -0.15) is 5.10 Å². The second-order valence-electron chi connectivity index (χ2n) is 7.56. The third-order valence-corrected chi connectivity index (χ3v) is 5.95. The summed E-state index contributed by atoms with van der Waals surface area (Å²) < 4.78 is 1.09. The molecule has 0 spiro atoms. The summed E-state index contributed by atoms with van der Waals surface area (Å²) in [6.07, 6.45) is 6.76. The summed E-state index contributed by atoms with van der Waals surface area (Å²) in [4.78, 5) is 39.5. The van der Waals surface area contributed by atoms with Crippen molar-refractivity contribution in [3.05, 3.63) is 40.3 Å². The van der Waals surface area contributed by atoms with Gasteiger partial charge in [-0.3, -0.25) is 14.4 Å². The molecular weight excluding hydrogens is 344 g/mol. The second-order valence-corrected chi connectivity index (χ2v) is 7.56. The van der Waals surface area contributed by atoms with Gasteiger partial charge in [0.2, 0.25) is 5.91 Å². The van der Waals surface area contributed by atoms with E-state index in [0.29, 0.717) is 16.7 Å². The van der Waals surface area contributed by atoms with E-state index < -0.39 is 5.91 Å². The van der Waals surface area contributed by atoms with Gasteiger partial charge in [0.05, 0.1) is 5.39 Å². The Hall–Kier alpha value is -2.70. The minimum absolute atomic E-state index is 0.0205. The third-order valence-electron chi connectivity index (χ3n) is 5.95. The highest BCUT2D eigenvalue weighted by Crippen LogP contribution is 2.35. The van der Waals surface area contributed by atoms with Crippen molar-refractivity contribution in [2.24, 2.45) is 11.7 Å². The zero-order chi connectivity index (χ0) is 19.0. The highest BCUT2D eigenvalue weighted by atomic mass is 16.2. The van der Waals surface area contributed by atoms with Crippen molar-refractivity contribution in [2.75, 3.05) is 6.54 Å². The third kappa shape index (κ3) is 3.22. The monoisotopic (exact) mass is 368 g/mol. The van der Waals surface area contributed by atoms with Crippen LogP contribution in [0.25, 0.3) is 10.8 Å². The molecule has 27 heavy (non-hydrogen) atoms. The van der Waals surface area contributed by atoms with E-state index in [4.69, 9.17) is 5.73 Å². The normalized spacial score (nSPS) is 22.4. The summed E-state index contributed by atoms with van der Waals surface area (Å²) in [6, 6.07) is 6.99. The number of nitrogens with zero attached hydrogens (tertiary/aromatic N) is 3. The molecule has 7 nitrogen and oxygen atoms in total. The largest absolute Gasteiger partial charge is 0.364 e. The Kier molecular flexibility index (Phi) is 4.68. The predicted octanol–water partition coefficient (Wildman–Crippen LogP) is 1.68. The van der Waals surface area contributed by atoms with Crippen LogP contribution in [0.2, 0.25) is 0 Å². The lowest BCUT2D eigenvalue weighted by Gasteiger charge is -2.44. The van der Waals surface area contributed by atoms with Crippen LogP contribution < -0.4 is 11.3 Å². The number of hydrogen-bond donors (Lipinski definition) is 1. The van der Waals surface area contributed by atoms with Gasteiger partial charge in [0.1, 0.15) is 6.54 Å². The first-order valence-corrected chi connectivity index (χ1v) is 9.65. The minimum Gasteiger partial charge on any atom is -0.364 e. The van der Waals surface area contributed by atoms with E-state index in [9.17, 15) is 14.4 Å². The van der Waals surface area contributed by atoms with Crippen LogP contribution in [0.3, 0.4) is 0 Å². The molecule has 2 amide bonds. The number of rotatable bonds is 3. The molecule has 0 radical (unpaired) electrons. The van der Waals surface area contributed by atoms with Crippen LogP contribution in [0.1, 0.15) is 49.0 Å². The Morgan fingerprint density at radius 3 is 2.56 bits per heavy atom. The van der Waals surface area contributed by atoms with E-state index >= 15 is 0 Å². The Balaban J connectivity index is 1.67. The number of hydrogen-bond acceptors (Lipinski definition) is 4. The molecule has 0 unspecified atom stereocenters. The van der Waals surface area contributed by atoms with Gasteiger partial charge in [0.25, 0.3) is 11.5 Å². The number of aromatic nitrogens is 2. The average Bonchev–Trinajstić information content (AvgIpc) is 2.69. The summed E-state index contributed by atoms with van der Waals surface area (Å²) >= 11 is 0. The van der Waals surface area contributed by atoms with E-state index in [2.05, 4.69) is 5.10 Å². The van der Waals surface area contributed by atoms with Gasteiger partial charge < -0.3 is 10.6 Å². The Morgan fingerprint density at radius 1 is 1.07 bits per heavy atom. The predicted molar refractivity (Wildman–Crippen MR) is 101 cm³/mol. The first-order chi connectivity index (χ1) is 13.1. The standard InChI is InChI=1S/C20H24N4O3/c21-19(26)18-14-8-2-3-9-15(14)20(27)24(22-18)12-17(25)23-11-5-7-13-6-1-4-10-16(13)23/h2-3,8-9,13,16H,1,4-7,10-12H2,(H2,21,26)/t13-,16+/m0/s1. The van der Waals surface area contributed by atoms with E-state index in [0.717, 1.165) is 30.5 Å². The number of fused-ring (bicyclic) bond motifs is 2. The fraction of sp³-hybridized carbons (Fsp3) is 0.500. The van der Waals surface area contributed by atoms with Gasteiger partial charge in [-0.25, -0.2) is 4.68 Å². The number of likely N-dealkylation sites (tertiary alicyclic amines) is 1. The molecule has 2 N–H and O–H groups in total. The fourth-order valence-corrected chi connectivity index (χ4v) is 4.68. The molecule has 2 heterocycles. The molecule has 1 aromatic heterocycles. The number of nitrogens with two attached hydrogens (primary N) is 1. The van der Waals surface area contributed by atoms with Crippen molar-refractivity contribution in [3.63, 3.8) is 0 Å². The van der Waals surface area contributed by atoms with E-state index in [-0.39, 0.29) is 29.7 Å². The van der Waals surface area contributed by atoms with Gasteiger partial charge in [0.15, 0.2) is 5.69 Å². The van der Waals surface area contributed by atoms with Gasteiger partial charge >= 0.3 is 0 Å². The molecule has 7 heteroatoms. The van der Waals surface area contributed by atoms with E-state index in [1.807, 2.05) is 4.90 Å². The maximum Gasteiger partial charge on any atom is 0.275 e. The Morgan fingerprint density at radius 2 is 1.78 bits per heavy atom. The number of benzene rings is 1. The molecule has 1 aliphatic carbocycles. The minimum atomic E-state index is -0.710. The number of piperidine rings is 1. The summed E-state index contributed by atoms with van der Waals surface area (Å²) in [5, 5.41) is 4.89. The van der Waals surface area contributed by atoms with Crippen LogP contribution in [-0.2, 0) is 11.3 Å². The number of carbonyl (C=O) groups is 2. The van der Waals surface area contributed by atoms with Gasteiger partial charge in [-0.1, -0.05) is 31.0 Å². The lowest BCUT2D eigenvalue weighted by Crippen LogP contribution is -2.51. The van der Waals surface area contributed by atoms with Crippen molar-refractivity contribution >= 4 is 22.6 Å². The SMILES string of the molecule is NC(=O)c1nn(CC(=O)N2CCC[C@@H]3CCCC[C@H]32)c(=O)c2ccccc12. The van der Waals surface area contributed by atoms with Crippen LogP contribution in [0.4, 0.5) is 0 Å². The summed E-state index contributed by atoms with van der Waals surface area (Å²) in [7, 11) is 0. The molecular formula is C20H24N4O3. The molecule has 4 rings (SSSR count). The molecule has 1 saturated heterocycles. The first kappa shape index (κ1) is 17.7. The van der Waals surface area contributed by atoms with Crippen molar-refractivity contribution in [1.29, 1.82) is 0 Å². The van der Waals surface area contributed by atoms with Crippen LogP contribution in [0, 0.1) is 5.92 Å². The maximum atomic E-state index is 13.0. The van der Waals surface area contributed by atoms with Crippen molar-refractivity contribution in [3.8, 4) is 0 Å². The molecule has 2 aliphatic rings. The second kappa shape index (κ2) is 7.13. The van der Waals surface area contributed by atoms with Gasteiger partial charge in [0, 0.05) is 18.0 Å². The number of amides is 2. The lowest BCUT2D eigenvalue weighted by atomic mass is 9.78. The Labute approximate surface area is 157 Å². The quantitative estimate of drug-likeness (QED) is 0.891.